The van der Waals surface area contributed by atoms with Gasteiger partial charge in [-0.25, -0.2) is 9.97 Å². The molecule has 0 aliphatic heterocycles. The Morgan fingerprint density at radius 1 is 1.08 bits per heavy atom. The first-order valence-electron chi connectivity index (χ1n) is 7.22. The summed E-state index contributed by atoms with van der Waals surface area (Å²) in [5, 5.41) is 7.47. The van der Waals surface area contributed by atoms with Crippen LogP contribution in [0.25, 0.3) is 10.9 Å². The topological polar surface area (TPSA) is 81.6 Å². The van der Waals surface area contributed by atoms with Crippen LogP contribution < -0.4 is 11.1 Å². The number of fused-ring (bicyclic) bond motifs is 1. The lowest BCUT2D eigenvalue weighted by molar-refractivity contribution is -0.143. The molecule has 1 aromatic carbocycles. The third-order valence-corrected chi connectivity index (χ3v) is 3.40. The smallest absolute Gasteiger partial charge is 0.383 e. The average Bonchev–Trinajstić information content (AvgIpc) is 2.92. The number of alkyl halides is 3. The molecule has 0 saturated heterocycles. The van der Waals surface area contributed by atoms with Crippen LogP contribution in [0.2, 0.25) is 0 Å². The molecule has 3 N–H and O–H groups in total. The molecule has 0 aliphatic carbocycles. The molecule has 24 heavy (non-hydrogen) atoms. The number of rotatable bonds is 5. The Bertz CT molecular complexity index is 843. The molecule has 9 heteroatoms. The average molecular weight is 336 g/mol. The molecule has 2 heterocycles. The molecule has 0 unspecified atom stereocenters. The highest BCUT2D eigenvalue weighted by atomic mass is 19.4. The number of aromatic nitrogens is 4. The number of nitrogen functional groups attached to an aromatic ring is 1. The van der Waals surface area contributed by atoms with Gasteiger partial charge in [0.1, 0.15) is 18.2 Å². The van der Waals surface area contributed by atoms with Crippen molar-refractivity contribution in [3.05, 3.63) is 48.0 Å². The van der Waals surface area contributed by atoms with Gasteiger partial charge in [-0.1, -0.05) is 12.1 Å². The zero-order chi connectivity index (χ0) is 17.2. The molecule has 0 saturated carbocycles. The first-order chi connectivity index (χ1) is 11.4. The lowest BCUT2D eigenvalue weighted by atomic mass is 10.2. The van der Waals surface area contributed by atoms with Crippen LogP contribution >= 0.6 is 0 Å². The van der Waals surface area contributed by atoms with Gasteiger partial charge in [0.05, 0.1) is 17.8 Å². The minimum atomic E-state index is -4.31. The van der Waals surface area contributed by atoms with Gasteiger partial charge in [-0.2, -0.15) is 18.3 Å². The van der Waals surface area contributed by atoms with E-state index in [2.05, 4.69) is 20.4 Å². The fourth-order valence-corrected chi connectivity index (χ4v) is 2.35. The lowest BCUT2D eigenvalue weighted by Crippen LogP contribution is -2.23. The number of nitrogens with one attached hydrogen (secondary N) is 1. The second kappa shape index (κ2) is 6.44. The maximum atomic E-state index is 12.5. The van der Waals surface area contributed by atoms with Crippen LogP contribution in [0.5, 0.6) is 0 Å². The molecule has 6 nitrogen and oxygen atoms in total. The summed E-state index contributed by atoms with van der Waals surface area (Å²) in [5.41, 5.74) is 7.06. The van der Waals surface area contributed by atoms with Crippen molar-refractivity contribution < 1.29 is 13.2 Å². The van der Waals surface area contributed by atoms with E-state index in [1.54, 1.807) is 0 Å². The van der Waals surface area contributed by atoms with E-state index in [0.717, 1.165) is 15.6 Å². The molecular formula is C15H15F3N6. The third kappa shape index (κ3) is 3.80. The van der Waals surface area contributed by atoms with Crippen molar-refractivity contribution in [2.45, 2.75) is 25.8 Å². The number of nitrogens with two attached hydrogens (primary N) is 1. The molecule has 0 spiro atoms. The number of hydrogen-bond donors (Lipinski definition) is 2. The Balaban J connectivity index is 1.66. The summed E-state index contributed by atoms with van der Waals surface area (Å²) < 4.78 is 38.3. The number of anilines is 1. The van der Waals surface area contributed by atoms with Crippen LogP contribution in [0.15, 0.2) is 36.5 Å². The van der Waals surface area contributed by atoms with E-state index < -0.39 is 12.7 Å². The third-order valence-electron chi connectivity index (χ3n) is 3.40. The normalized spacial score (nSPS) is 12.0. The van der Waals surface area contributed by atoms with Gasteiger partial charge in [0, 0.05) is 18.1 Å². The molecule has 0 bridgehead atoms. The van der Waals surface area contributed by atoms with Crippen LogP contribution in [0.4, 0.5) is 19.0 Å². The van der Waals surface area contributed by atoms with Gasteiger partial charge < -0.3 is 11.1 Å². The van der Waals surface area contributed by atoms with Gasteiger partial charge in [-0.3, -0.25) is 4.68 Å². The predicted octanol–water partition coefficient (Wildman–Crippen LogP) is 2.26. The molecule has 0 fully saturated rings. The number of hydrogen-bond acceptors (Lipinski definition) is 5. The van der Waals surface area contributed by atoms with Crippen molar-refractivity contribution in [1.29, 1.82) is 0 Å². The fourth-order valence-electron chi connectivity index (χ4n) is 2.35. The molecule has 2 aromatic heterocycles. The molecule has 0 radical (unpaired) electrons. The Morgan fingerprint density at radius 2 is 1.88 bits per heavy atom. The van der Waals surface area contributed by atoms with Gasteiger partial charge in [-0.15, -0.1) is 0 Å². The van der Waals surface area contributed by atoms with Crippen LogP contribution in [-0.4, -0.2) is 25.9 Å². The lowest BCUT2D eigenvalue weighted by Gasteiger charge is -2.11. The van der Waals surface area contributed by atoms with Gasteiger partial charge in [0.15, 0.2) is 0 Å². The minimum absolute atomic E-state index is 0.214. The molecule has 3 aromatic rings. The maximum absolute atomic E-state index is 12.5. The summed E-state index contributed by atoms with van der Waals surface area (Å²) in [6.45, 7) is -0.616. The monoisotopic (exact) mass is 336 g/mol. The van der Waals surface area contributed by atoms with E-state index in [-0.39, 0.29) is 13.1 Å². The zero-order valence-electron chi connectivity index (χ0n) is 12.6. The molecule has 0 amide bonds. The van der Waals surface area contributed by atoms with E-state index in [1.165, 1.54) is 12.3 Å². The van der Waals surface area contributed by atoms with E-state index in [9.17, 15) is 13.2 Å². The second-order valence-corrected chi connectivity index (χ2v) is 5.24. The zero-order valence-corrected chi connectivity index (χ0v) is 12.6. The second-order valence-electron chi connectivity index (χ2n) is 5.24. The highest BCUT2D eigenvalue weighted by Crippen LogP contribution is 2.18. The van der Waals surface area contributed by atoms with E-state index in [0.29, 0.717) is 17.3 Å². The maximum Gasteiger partial charge on any atom is 0.408 e. The summed E-state index contributed by atoms with van der Waals surface area (Å²) >= 11 is 0. The first-order valence-corrected chi connectivity index (χ1v) is 7.22. The summed E-state index contributed by atoms with van der Waals surface area (Å²) in [5.74, 6) is 0.854. The number of para-hydroxylation sites is 1. The summed E-state index contributed by atoms with van der Waals surface area (Å²) in [6.07, 6.45) is -2.97. The Labute approximate surface area is 135 Å². The SMILES string of the molecule is Nc1nc(CNCc2ccnn2CC(F)(F)F)nc2ccccc12. The van der Waals surface area contributed by atoms with Crippen molar-refractivity contribution in [2.75, 3.05) is 5.73 Å². The van der Waals surface area contributed by atoms with Crippen LogP contribution in [0.3, 0.4) is 0 Å². The van der Waals surface area contributed by atoms with Crippen molar-refractivity contribution in [2.24, 2.45) is 0 Å². The summed E-state index contributed by atoms with van der Waals surface area (Å²) in [6, 6.07) is 8.89. The van der Waals surface area contributed by atoms with Crippen molar-refractivity contribution in [1.82, 2.24) is 25.1 Å². The van der Waals surface area contributed by atoms with E-state index in [1.807, 2.05) is 24.3 Å². The number of nitrogens with zero attached hydrogens (tertiary/aromatic N) is 4. The quantitative estimate of drug-likeness (QED) is 0.747. The van der Waals surface area contributed by atoms with Crippen molar-refractivity contribution >= 4 is 16.7 Å². The van der Waals surface area contributed by atoms with Gasteiger partial charge in [0.25, 0.3) is 0 Å². The molecular weight excluding hydrogens is 321 g/mol. The Hall–Kier alpha value is -2.68. The Morgan fingerprint density at radius 3 is 2.67 bits per heavy atom. The van der Waals surface area contributed by atoms with E-state index in [4.69, 9.17) is 5.73 Å². The largest absolute Gasteiger partial charge is 0.408 e. The molecule has 3 rings (SSSR count). The van der Waals surface area contributed by atoms with Crippen LogP contribution in [0.1, 0.15) is 11.5 Å². The molecule has 0 atom stereocenters. The van der Waals surface area contributed by atoms with Gasteiger partial charge in [-0.05, 0) is 18.2 Å². The standard InChI is InChI=1S/C15H15F3N6/c16-15(17,18)9-24-10(5-6-21-24)7-20-8-13-22-12-4-2-1-3-11(12)14(19)23-13/h1-6,20H,7-9H2,(H2,19,22,23). The summed E-state index contributed by atoms with van der Waals surface area (Å²) in [4.78, 5) is 8.58. The Kier molecular flexibility index (Phi) is 4.34. The number of benzene rings is 1. The fraction of sp³-hybridized carbons (Fsp3) is 0.267. The van der Waals surface area contributed by atoms with Gasteiger partial charge >= 0.3 is 6.18 Å². The van der Waals surface area contributed by atoms with Crippen LogP contribution in [0, 0.1) is 0 Å². The molecule has 126 valence electrons. The van der Waals surface area contributed by atoms with E-state index >= 15 is 0 Å². The van der Waals surface area contributed by atoms with Crippen LogP contribution in [-0.2, 0) is 19.6 Å². The predicted molar refractivity (Wildman–Crippen MR) is 82.8 cm³/mol. The summed E-state index contributed by atoms with van der Waals surface area (Å²) in [7, 11) is 0. The highest BCUT2D eigenvalue weighted by molar-refractivity contribution is 5.87. The van der Waals surface area contributed by atoms with Crippen molar-refractivity contribution in [3.63, 3.8) is 0 Å². The first kappa shape index (κ1) is 16.2. The number of halogens is 3. The van der Waals surface area contributed by atoms with Gasteiger partial charge in [0.2, 0.25) is 0 Å². The van der Waals surface area contributed by atoms with Crippen molar-refractivity contribution in [3.8, 4) is 0 Å². The highest BCUT2D eigenvalue weighted by Gasteiger charge is 2.29. The molecule has 0 aliphatic rings. The minimum Gasteiger partial charge on any atom is -0.383 e.